The number of thiophene rings is 1. The maximum absolute atomic E-state index is 11.7. The molecule has 0 spiro atoms. The Hall–Kier alpha value is -2.07. The van der Waals surface area contributed by atoms with Crippen LogP contribution >= 0.6 is 11.3 Å². The molecule has 2 aromatic rings. The van der Waals surface area contributed by atoms with E-state index in [1.807, 2.05) is 24.3 Å². The Morgan fingerprint density at radius 1 is 1.26 bits per heavy atom. The first-order chi connectivity index (χ1) is 9.29. The average Bonchev–Trinajstić information content (AvgIpc) is 2.96. The molecule has 2 N–H and O–H groups in total. The van der Waals surface area contributed by atoms with Gasteiger partial charge in [-0.3, -0.25) is 4.79 Å². The van der Waals surface area contributed by atoms with E-state index >= 15 is 0 Å². The predicted molar refractivity (Wildman–Crippen MR) is 80.6 cm³/mol. The lowest BCUT2D eigenvalue weighted by molar-refractivity contribution is 0.0958. The van der Waals surface area contributed by atoms with E-state index in [1.54, 1.807) is 17.4 Å². The molecular formula is C15H16N2OS. The SMILES string of the molecule is C=CCNC(=O)c1ccc(NCc2ccsc2)cc1. The summed E-state index contributed by atoms with van der Waals surface area (Å²) in [6, 6.07) is 9.54. The number of nitrogens with one attached hydrogen (secondary N) is 2. The number of carbonyl (C=O) groups is 1. The van der Waals surface area contributed by atoms with Crippen molar-refractivity contribution in [3.63, 3.8) is 0 Å². The summed E-state index contributed by atoms with van der Waals surface area (Å²) in [4.78, 5) is 11.7. The Balaban J connectivity index is 1.90. The molecule has 0 unspecified atom stereocenters. The molecule has 1 amide bonds. The zero-order valence-corrected chi connectivity index (χ0v) is 11.4. The van der Waals surface area contributed by atoms with Crippen LogP contribution < -0.4 is 10.6 Å². The van der Waals surface area contributed by atoms with E-state index in [1.165, 1.54) is 5.56 Å². The van der Waals surface area contributed by atoms with Crippen LogP contribution in [0, 0.1) is 0 Å². The Labute approximate surface area is 117 Å². The molecule has 0 aliphatic rings. The summed E-state index contributed by atoms with van der Waals surface area (Å²) in [5, 5.41) is 10.2. The summed E-state index contributed by atoms with van der Waals surface area (Å²) in [5.74, 6) is -0.0794. The number of rotatable bonds is 6. The molecule has 98 valence electrons. The molecule has 0 saturated heterocycles. The third-order valence-corrected chi connectivity index (χ3v) is 3.36. The van der Waals surface area contributed by atoms with Crippen molar-refractivity contribution in [1.29, 1.82) is 0 Å². The summed E-state index contributed by atoms with van der Waals surface area (Å²) in [6.45, 7) is 4.85. The van der Waals surface area contributed by atoms with Gasteiger partial charge in [0.05, 0.1) is 0 Å². The van der Waals surface area contributed by atoms with Crippen LogP contribution in [0.25, 0.3) is 0 Å². The first-order valence-corrected chi connectivity index (χ1v) is 6.98. The standard InChI is InChI=1S/C15H16N2OS/c1-2-8-16-15(18)13-3-5-14(6-4-13)17-10-12-7-9-19-11-12/h2-7,9,11,17H,1,8,10H2,(H,16,18). The van der Waals surface area contributed by atoms with Crippen LogP contribution in [-0.4, -0.2) is 12.5 Å². The third-order valence-electron chi connectivity index (χ3n) is 2.63. The van der Waals surface area contributed by atoms with Crippen molar-refractivity contribution in [2.75, 3.05) is 11.9 Å². The van der Waals surface area contributed by atoms with Crippen molar-refractivity contribution in [2.45, 2.75) is 6.54 Å². The van der Waals surface area contributed by atoms with E-state index in [0.717, 1.165) is 12.2 Å². The molecule has 1 heterocycles. The highest BCUT2D eigenvalue weighted by Crippen LogP contribution is 2.12. The van der Waals surface area contributed by atoms with E-state index in [9.17, 15) is 4.79 Å². The number of hydrogen-bond donors (Lipinski definition) is 2. The van der Waals surface area contributed by atoms with Crippen molar-refractivity contribution in [1.82, 2.24) is 5.32 Å². The van der Waals surface area contributed by atoms with Crippen LogP contribution in [0.1, 0.15) is 15.9 Å². The van der Waals surface area contributed by atoms with Crippen molar-refractivity contribution >= 4 is 22.9 Å². The Morgan fingerprint density at radius 2 is 2.05 bits per heavy atom. The lowest BCUT2D eigenvalue weighted by Crippen LogP contribution is -2.23. The van der Waals surface area contributed by atoms with Gasteiger partial charge in [0.25, 0.3) is 5.91 Å². The molecule has 0 bridgehead atoms. The molecule has 0 saturated carbocycles. The number of carbonyl (C=O) groups excluding carboxylic acids is 1. The lowest BCUT2D eigenvalue weighted by atomic mass is 10.2. The smallest absolute Gasteiger partial charge is 0.251 e. The number of benzene rings is 1. The highest BCUT2D eigenvalue weighted by atomic mass is 32.1. The summed E-state index contributed by atoms with van der Waals surface area (Å²) in [6.07, 6.45) is 1.66. The highest BCUT2D eigenvalue weighted by Gasteiger charge is 2.03. The second-order valence-electron chi connectivity index (χ2n) is 4.06. The third kappa shape index (κ3) is 3.96. The van der Waals surface area contributed by atoms with E-state index in [4.69, 9.17) is 0 Å². The van der Waals surface area contributed by atoms with Gasteiger partial charge in [0.15, 0.2) is 0 Å². The van der Waals surface area contributed by atoms with E-state index in [2.05, 4.69) is 34.0 Å². The summed E-state index contributed by atoms with van der Waals surface area (Å²) in [7, 11) is 0. The van der Waals surface area contributed by atoms with Gasteiger partial charge >= 0.3 is 0 Å². The minimum Gasteiger partial charge on any atom is -0.381 e. The van der Waals surface area contributed by atoms with Crippen LogP contribution in [0.5, 0.6) is 0 Å². The fraction of sp³-hybridized carbons (Fsp3) is 0.133. The van der Waals surface area contributed by atoms with Gasteiger partial charge in [-0.1, -0.05) is 6.08 Å². The number of hydrogen-bond acceptors (Lipinski definition) is 3. The zero-order chi connectivity index (χ0) is 13.5. The molecule has 1 aromatic carbocycles. The predicted octanol–water partition coefficient (Wildman–Crippen LogP) is 3.28. The first kappa shape index (κ1) is 13.4. The second kappa shape index (κ2) is 6.75. The van der Waals surface area contributed by atoms with E-state index in [-0.39, 0.29) is 5.91 Å². The minimum absolute atomic E-state index is 0.0794. The van der Waals surface area contributed by atoms with Gasteiger partial charge in [0.1, 0.15) is 0 Å². The molecule has 1 aromatic heterocycles. The maximum atomic E-state index is 11.7. The molecule has 19 heavy (non-hydrogen) atoms. The Kier molecular flexibility index (Phi) is 4.75. The van der Waals surface area contributed by atoms with Crippen molar-refractivity contribution in [3.05, 3.63) is 64.9 Å². The Bertz CT molecular complexity index is 532. The fourth-order valence-corrected chi connectivity index (χ4v) is 2.27. The lowest BCUT2D eigenvalue weighted by Gasteiger charge is -2.06. The van der Waals surface area contributed by atoms with Crippen LogP contribution in [0.15, 0.2) is 53.7 Å². The van der Waals surface area contributed by atoms with Gasteiger partial charge in [-0.05, 0) is 46.7 Å². The van der Waals surface area contributed by atoms with Crippen molar-refractivity contribution < 1.29 is 4.79 Å². The monoisotopic (exact) mass is 272 g/mol. The first-order valence-electron chi connectivity index (χ1n) is 6.03. The normalized spacial score (nSPS) is 9.89. The number of amides is 1. The van der Waals surface area contributed by atoms with Crippen LogP contribution in [-0.2, 0) is 6.54 Å². The van der Waals surface area contributed by atoms with E-state index in [0.29, 0.717) is 12.1 Å². The van der Waals surface area contributed by atoms with Gasteiger partial charge in [-0.2, -0.15) is 11.3 Å². The molecular weight excluding hydrogens is 256 g/mol. The van der Waals surface area contributed by atoms with Crippen LogP contribution in [0.4, 0.5) is 5.69 Å². The molecule has 0 fully saturated rings. The van der Waals surface area contributed by atoms with Gasteiger partial charge in [-0.15, -0.1) is 6.58 Å². The summed E-state index contributed by atoms with van der Waals surface area (Å²) in [5.41, 5.74) is 2.92. The van der Waals surface area contributed by atoms with Crippen molar-refractivity contribution in [3.8, 4) is 0 Å². The van der Waals surface area contributed by atoms with Crippen LogP contribution in [0.3, 0.4) is 0 Å². The zero-order valence-electron chi connectivity index (χ0n) is 10.6. The molecule has 0 aliphatic carbocycles. The van der Waals surface area contributed by atoms with Gasteiger partial charge < -0.3 is 10.6 Å². The summed E-state index contributed by atoms with van der Waals surface area (Å²) < 4.78 is 0. The maximum Gasteiger partial charge on any atom is 0.251 e. The van der Waals surface area contributed by atoms with Gasteiger partial charge in [0, 0.05) is 24.3 Å². The van der Waals surface area contributed by atoms with Crippen LogP contribution in [0.2, 0.25) is 0 Å². The van der Waals surface area contributed by atoms with E-state index < -0.39 is 0 Å². The Morgan fingerprint density at radius 3 is 2.68 bits per heavy atom. The molecule has 0 aliphatic heterocycles. The average molecular weight is 272 g/mol. The quantitative estimate of drug-likeness (QED) is 0.792. The highest BCUT2D eigenvalue weighted by molar-refractivity contribution is 7.07. The second-order valence-corrected chi connectivity index (χ2v) is 4.84. The van der Waals surface area contributed by atoms with Crippen molar-refractivity contribution in [2.24, 2.45) is 0 Å². The number of anilines is 1. The minimum atomic E-state index is -0.0794. The van der Waals surface area contributed by atoms with Gasteiger partial charge in [0.2, 0.25) is 0 Å². The molecule has 3 nitrogen and oxygen atoms in total. The topological polar surface area (TPSA) is 41.1 Å². The molecule has 0 radical (unpaired) electrons. The fourth-order valence-electron chi connectivity index (χ4n) is 1.60. The summed E-state index contributed by atoms with van der Waals surface area (Å²) >= 11 is 1.69. The molecule has 0 atom stereocenters. The largest absolute Gasteiger partial charge is 0.381 e. The molecule has 2 rings (SSSR count). The van der Waals surface area contributed by atoms with Gasteiger partial charge in [-0.25, -0.2) is 0 Å². The molecule has 4 heteroatoms.